The molecular weight excluding hydrogens is 207 g/mol. The fourth-order valence-electron chi connectivity index (χ4n) is 2.77. The van der Waals surface area contributed by atoms with Crippen LogP contribution in [0.4, 0.5) is 13.2 Å². The van der Waals surface area contributed by atoms with Crippen LogP contribution in [0.1, 0.15) is 26.2 Å². The molecule has 0 aromatic carbocycles. The van der Waals surface area contributed by atoms with Crippen molar-refractivity contribution in [1.82, 2.24) is 5.32 Å². The minimum absolute atomic E-state index is 0.0222. The number of alkyl halides is 3. The molecule has 1 N–H and O–H groups in total. The minimum Gasteiger partial charge on any atom is -0.353 e. The molecule has 5 heteroatoms. The number of carbonyl (C=O) groups excluding carboxylic acids is 1. The second-order valence-corrected chi connectivity index (χ2v) is 4.48. The fraction of sp³-hybridized carbons (Fsp3) is 0.900. The SMILES string of the molecule is CCC(=O)NC1CC2C(C1)C2C(F)(F)F. The molecule has 1 amide bonds. The van der Waals surface area contributed by atoms with Crippen LogP contribution in [0.25, 0.3) is 0 Å². The summed E-state index contributed by atoms with van der Waals surface area (Å²) in [7, 11) is 0. The van der Waals surface area contributed by atoms with Crippen molar-refractivity contribution in [3.63, 3.8) is 0 Å². The Kier molecular flexibility index (Phi) is 2.43. The van der Waals surface area contributed by atoms with Crippen molar-refractivity contribution in [1.29, 1.82) is 0 Å². The molecule has 0 bridgehead atoms. The van der Waals surface area contributed by atoms with E-state index in [1.165, 1.54) is 0 Å². The van der Waals surface area contributed by atoms with Crippen molar-refractivity contribution in [2.75, 3.05) is 0 Å². The van der Waals surface area contributed by atoms with E-state index in [1.54, 1.807) is 6.92 Å². The molecule has 2 unspecified atom stereocenters. The molecule has 86 valence electrons. The smallest absolute Gasteiger partial charge is 0.353 e. The Balaban J connectivity index is 1.81. The van der Waals surface area contributed by atoms with Crippen LogP contribution in [0, 0.1) is 17.8 Å². The van der Waals surface area contributed by atoms with Crippen molar-refractivity contribution in [3.8, 4) is 0 Å². The molecule has 15 heavy (non-hydrogen) atoms. The van der Waals surface area contributed by atoms with Crippen LogP contribution in [-0.2, 0) is 4.79 Å². The summed E-state index contributed by atoms with van der Waals surface area (Å²) in [6, 6.07) is -0.0222. The monoisotopic (exact) mass is 221 g/mol. The summed E-state index contributed by atoms with van der Waals surface area (Å²) >= 11 is 0. The largest absolute Gasteiger partial charge is 0.392 e. The summed E-state index contributed by atoms with van der Waals surface area (Å²) in [4.78, 5) is 11.0. The summed E-state index contributed by atoms with van der Waals surface area (Å²) in [6.07, 6.45) is -2.63. The van der Waals surface area contributed by atoms with E-state index >= 15 is 0 Å². The number of nitrogens with one attached hydrogen (secondary N) is 1. The van der Waals surface area contributed by atoms with Crippen molar-refractivity contribution in [3.05, 3.63) is 0 Å². The topological polar surface area (TPSA) is 29.1 Å². The molecule has 2 nitrogen and oxygen atoms in total. The standard InChI is InChI=1S/C10H14F3NO/c1-2-8(15)14-5-3-6-7(4-5)9(6)10(11,12)13/h5-7,9H,2-4H2,1H3,(H,14,15). The lowest BCUT2D eigenvalue weighted by atomic mass is 10.1. The van der Waals surface area contributed by atoms with Crippen molar-refractivity contribution >= 4 is 5.91 Å². The highest BCUT2D eigenvalue weighted by molar-refractivity contribution is 5.75. The van der Waals surface area contributed by atoms with Gasteiger partial charge < -0.3 is 5.32 Å². The van der Waals surface area contributed by atoms with Gasteiger partial charge in [0.25, 0.3) is 0 Å². The number of hydrogen-bond donors (Lipinski definition) is 1. The van der Waals surface area contributed by atoms with Crippen molar-refractivity contribution in [2.24, 2.45) is 17.8 Å². The third-order valence-corrected chi connectivity index (χ3v) is 3.51. The van der Waals surface area contributed by atoms with Crippen LogP contribution < -0.4 is 5.32 Å². The second kappa shape index (κ2) is 3.39. The zero-order valence-corrected chi connectivity index (χ0v) is 8.47. The number of rotatable bonds is 2. The lowest BCUT2D eigenvalue weighted by Gasteiger charge is -2.16. The second-order valence-electron chi connectivity index (χ2n) is 4.48. The third-order valence-electron chi connectivity index (χ3n) is 3.51. The minimum atomic E-state index is -4.03. The Morgan fingerprint density at radius 3 is 2.27 bits per heavy atom. The predicted octanol–water partition coefficient (Wildman–Crippen LogP) is 2.10. The normalized spacial score (nSPS) is 38.7. The summed E-state index contributed by atoms with van der Waals surface area (Å²) in [5.74, 6) is -1.61. The van der Waals surface area contributed by atoms with Gasteiger partial charge in [0.1, 0.15) is 0 Å². The molecular formula is C10H14F3NO. The molecule has 0 heterocycles. The molecule has 2 fully saturated rings. The molecule has 2 saturated carbocycles. The zero-order chi connectivity index (χ0) is 11.2. The quantitative estimate of drug-likeness (QED) is 0.760. The zero-order valence-electron chi connectivity index (χ0n) is 8.47. The maximum absolute atomic E-state index is 12.3. The Bertz CT molecular complexity index is 264. The van der Waals surface area contributed by atoms with E-state index in [2.05, 4.69) is 5.32 Å². The molecule has 2 rings (SSSR count). The van der Waals surface area contributed by atoms with Gasteiger partial charge in [-0.05, 0) is 24.7 Å². The Labute approximate surface area is 86.2 Å². The lowest BCUT2D eigenvalue weighted by molar-refractivity contribution is -0.156. The van der Waals surface area contributed by atoms with Gasteiger partial charge >= 0.3 is 6.18 Å². The number of halogens is 3. The van der Waals surface area contributed by atoms with Gasteiger partial charge in [0.15, 0.2) is 0 Å². The van der Waals surface area contributed by atoms with Gasteiger partial charge in [-0.3, -0.25) is 4.79 Å². The molecule has 2 atom stereocenters. The highest BCUT2D eigenvalue weighted by Gasteiger charge is 2.67. The Morgan fingerprint density at radius 2 is 1.87 bits per heavy atom. The van der Waals surface area contributed by atoms with Gasteiger partial charge in [0, 0.05) is 12.5 Å². The molecule has 0 aromatic rings. The molecule has 0 spiro atoms. The van der Waals surface area contributed by atoms with Gasteiger partial charge in [-0.1, -0.05) is 6.92 Å². The maximum atomic E-state index is 12.3. The van der Waals surface area contributed by atoms with E-state index < -0.39 is 12.1 Å². The van der Waals surface area contributed by atoms with Gasteiger partial charge in [-0.2, -0.15) is 13.2 Å². The van der Waals surface area contributed by atoms with E-state index in [4.69, 9.17) is 0 Å². The van der Waals surface area contributed by atoms with Crippen LogP contribution in [0.2, 0.25) is 0 Å². The van der Waals surface area contributed by atoms with E-state index in [9.17, 15) is 18.0 Å². The molecule has 0 saturated heterocycles. The van der Waals surface area contributed by atoms with E-state index in [-0.39, 0.29) is 23.8 Å². The number of fused-ring (bicyclic) bond motifs is 1. The van der Waals surface area contributed by atoms with Gasteiger partial charge in [-0.25, -0.2) is 0 Å². The molecule has 2 aliphatic carbocycles. The fourth-order valence-corrected chi connectivity index (χ4v) is 2.77. The van der Waals surface area contributed by atoms with Crippen LogP contribution in [0.3, 0.4) is 0 Å². The first kappa shape index (κ1) is 10.8. The number of carbonyl (C=O) groups is 1. The van der Waals surface area contributed by atoms with Crippen LogP contribution >= 0.6 is 0 Å². The van der Waals surface area contributed by atoms with Gasteiger partial charge in [0.2, 0.25) is 5.91 Å². The number of amides is 1. The third kappa shape index (κ3) is 1.96. The van der Waals surface area contributed by atoms with Crippen LogP contribution in [-0.4, -0.2) is 18.1 Å². The molecule has 2 aliphatic rings. The van der Waals surface area contributed by atoms with Crippen molar-refractivity contribution in [2.45, 2.75) is 38.4 Å². The van der Waals surface area contributed by atoms with E-state index in [1.807, 2.05) is 0 Å². The first-order valence-corrected chi connectivity index (χ1v) is 5.29. The summed E-state index contributed by atoms with van der Waals surface area (Å²) in [5, 5.41) is 2.76. The number of hydrogen-bond acceptors (Lipinski definition) is 1. The first-order chi connectivity index (χ1) is 6.93. The molecule has 0 radical (unpaired) electrons. The van der Waals surface area contributed by atoms with Crippen LogP contribution in [0.15, 0.2) is 0 Å². The molecule has 0 aliphatic heterocycles. The van der Waals surface area contributed by atoms with Crippen LogP contribution in [0.5, 0.6) is 0 Å². The summed E-state index contributed by atoms with van der Waals surface area (Å²) in [6.45, 7) is 1.74. The van der Waals surface area contributed by atoms with Crippen molar-refractivity contribution < 1.29 is 18.0 Å². The average Bonchev–Trinajstić information content (AvgIpc) is 2.65. The first-order valence-electron chi connectivity index (χ1n) is 5.29. The molecule has 0 aromatic heterocycles. The van der Waals surface area contributed by atoms with E-state index in [0.717, 1.165) is 0 Å². The predicted molar refractivity (Wildman–Crippen MR) is 48.0 cm³/mol. The average molecular weight is 221 g/mol. The van der Waals surface area contributed by atoms with Gasteiger partial charge in [-0.15, -0.1) is 0 Å². The Hall–Kier alpha value is -0.740. The highest BCUT2D eigenvalue weighted by atomic mass is 19.4. The highest BCUT2D eigenvalue weighted by Crippen LogP contribution is 2.63. The van der Waals surface area contributed by atoms with E-state index in [0.29, 0.717) is 19.3 Å². The maximum Gasteiger partial charge on any atom is 0.392 e. The lowest BCUT2D eigenvalue weighted by Crippen LogP contribution is -2.34. The summed E-state index contributed by atoms with van der Waals surface area (Å²) < 4.78 is 37.0. The van der Waals surface area contributed by atoms with Gasteiger partial charge in [0.05, 0.1) is 5.92 Å². The Morgan fingerprint density at radius 1 is 1.33 bits per heavy atom. The summed E-state index contributed by atoms with van der Waals surface area (Å²) in [5.41, 5.74) is 0.